The van der Waals surface area contributed by atoms with Gasteiger partial charge in [0.2, 0.25) is 0 Å². The van der Waals surface area contributed by atoms with Crippen LogP contribution in [0.1, 0.15) is 55.8 Å². The van der Waals surface area contributed by atoms with Crippen LogP contribution in [-0.2, 0) is 20.8 Å². The molecule has 0 aliphatic carbocycles. The van der Waals surface area contributed by atoms with Crippen molar-refractivity contribution in [1.29, 1.82) is 0 Å². The first kappa shape index (κ1) is 14.6. The van der Waals surface area contributed by atoms with Gasteiger partial charge in [0.25, 0.3) is 0 Å². The summed E-state index contributed by atoms with van der Waals surface area (Å²) in [6, 6.07) is 0. The molecule has 0 amide bonds. The number of hydrogen-bond donors (Lipinski definition) is 0. The van der Waals surface area contributed by atoms with Crippen molar-refractivity contribution in [2.24, 2.45) is 5.92 Å². The molecule has 0 spiro atoms. The van der Waals surface area contributed by atoms with Gasteiger partial charge in [-0.25, -0.2) is 0 Å². The third kappa shape index (κ3) is 2.79. The van der Waals surface area contributed by atoms with Crippen molar-refractivity contribution in [3.8, 4) is 0 Å². The predicted molar refractivity (Wildman–Crippen MR) is 79.7 cm³/mol. The molecule has 0 radical (unpaired) electrons. The maximum absolute atomic E-state index is 5.84. The average molecular weight is 307 g/mol. The summed E-state index contributed by atoms with van der Waals surface area (Å²) >= 11 is 0. The maximum atomic E-state index is 5.84. The van der Waals surface area contributed by atoms with Gasteiger partial charge in [-0.3, -0.25) is 0 Å². The van der Waals surface area contributed by atoms with E-state index in [0.29, 0.717) is 31.7 Å². The topological polar surface area (TPSA) is 58.4 Å². The zero-order chi connectivity index (χ0) is 14.8. The van der Waals surface area contributed by atoms with E-state index in [1.54, 1.807) is 0 Å². The average Bonchev–Trinajstić information content (AvgIpc) is 2.89. The summed E-state index contributed by atoms with van der Waals surface area (Å²) in [5.74, 6) is 3.35. The molecule has 2 fully saturated rings. The van der Waals surface area contributed by atoms with E-state index < -0.39 is 0 Å². The molecule has 3 aliphatic heterocycles. The molecule has 2 atom stereocenters. The van der Waals surface area contributed by atoms with Crippen LogP contribution in [0.2, 0.25) is 0 Å². The highest BCUT2D eigenvalue weighted by molar-refractivity contribution is 5.08. The van der Waals surface area contributed by atoms with Gasteiger partial charge in [-0.05, 0) is 31.6 Å². The summed E-state index contributed by atoms with van der Waals surface area (Å²) in [7, 11) is 0. The molecular formula is C16H25N3O3. The van der Waals surface area contributed by atoms with Crippen molar-refractivity contribution >= 4 is 0 Å². The number of fused-ring (bicyclic) bond motifs is 1. The predicted octanol–water partition coefficient (Wildman–Crippen LogP) is 2.06. The molecule has 0 N–H and O–H groups in total. The van der Waals surface area contributed by atoms with E-state index in [0.717, 1.165) is 38.4 Å². The minimum absolute atomic E-state index is 0.0524. The Morgan fingerprint density at radius 3 is 2.55 bits per heavy atom. The van der Waals surface area contributed by atoms with Gasteiger partial charge in [0.1, 0.15) is 11.9 Å². The molecule has 4 rings (SSSR count). The Morgan fingerprint density at radius 2 is 1.73 bits per heavy atom. The minimum Gasteiger partial charge on any atom is -0.381 e. The van der Waals surface area contributed by atoms with Gasteiger partial charge < -0.3 is 18.8 Å². The van der Waals surface area contributed by atoms with Crippen LogP contribution in [0.25, 0.3) is 0 Å². The highest BCUT2D eigenvalue weighted by Crippen LogP contribution is 2.38. The molecule has 4 heterocycles. The number of hydrogen-bond acceptors (Lipinski definition) is 5. The summed E-state index contributed by atoms with van der Waals surface area (Å²) in [4.78, 5) is 0. The maximum Gasteiger partial charge on any atom is 0.164 e. The van der Waals surface area contributed by atoms with E-state index in [1.165, 1.54) is 25.1 Å². The van der Waals surface area contributed by atoms with E-state index in [-0.39, 0.29) is 6.10 Å². The van der Waals surface area contributed by atoms with E-state index in [4.69, 9.17) is 14.2 Å². The molecule has 1 aromatic rings. The Morgan fingerprint density at radius 1 is 0.864 bits per heavy atom. The van der Waals surface area contributed by atoms with Gasteiger partial charge in [-0.1, -0.05) is 6.42 Å². The van der Waals surface area contributed by atoms with Crippen molar-refractivity contribution in [2.45, 2.75) is 50.7 Å². The van der Waals surface area contributed by atoms with E-state index >= 15 is 0 Å². The monoisotopic (exact) mass is 307 g/mol. The summed E-state index contributed by atoms with van der Waals surface area (Å²) < 4.78 is 19.2. The lowest BCUT2D eigenvalue weighted by atomic mass is 9.82. The summed E-state index contributed by atoms with van der Waals surface area (Å²) in [5, 5.41) is 9.07. The highest BCUT2D eigenvalue weighted by Gasteiger charge is 2.33. The molecule has 1 aromatic heterocycles. The van der Waals surface area contributed by atoms with Crippen molar-refractivity contribution in [3.05, 3.63) is 11.6 Å². The van der Waals surface area contributed by atoms with Crippen LogP contribution < -0.4 is 0 Å². The van der Waals surface area contributed by atoms with Crippen LogP contribution >= 0.6 is 0 Å². The molecule has 2 saturated heterocycles. The normalized spacial score (nSPS) is 30.7. The third-order valence-corrected chi connectivity index (χ3v) is 5.23. The van der Waals surface area contributed by atoms with E-state index in [2.05, 4.69) is 14.8 Å². The van der Waals surface area contributed by atoms with Gasteiger partial charge in [0, 0.05) is 25.7 Å². The Labute approximate surface area is 131 Å². The molecule has 6 heteroatoms. The van der Waals surface area contributed by atoms with Crippen LogP contribution in [0.3, 0.4) is 0 Å². The Hall–Kier alpha value is -0.980. The highest BCUT2D eigenvalue weighted by atomic mass is 16.6. The lowest BCUT2D eigenvalue weighted by Gasteiger charge is -2.29. The van der Waals surface area contributed by atoms with Crippen LogP contribution in [0.15, 0.2) is 0 Å². The zero-order valence-electron chi connectivity index (χ0n) is 13.1. The zero-order valence-corrected chi connectivity index (χ0v) is 13.1. The van der Waals surface area contributed by atoms with Gasteiger partial charge in [-0.15, -0.1) is 10.2 Å². The standard InChI is InChI=1S/C16H25N3O3/c1-2-6-19-15(13(3-1)12-4-7-20-8-5-12)17-18-16(19)14-11-21-9-10-22-14/h12-14H,1-11H2. The SMILES string of the molecule is C1CCn2c(C3COCCO3)nnc2C(C2CCOCC2)C1. The number of nitrogens with zero attached hydrogens (tertiary/aromatic N) is 3. The second-order valence-electron chi connectivity index (χ2n) is 6.55. The summed E-state index contributed by atoms with van der Waals surface area (Å²) in [6.07, 6.45) is 5.94. The second kappa shape index (κ2) is 6.64. The van der Waals surface area contributed by atoms with E-state index in [9.17, 15) is 0 Å². The number of ether oxygens (including phenoxy) is 3. The number of aromatic nitrogens is 3. The first-order valence-corrected chi connectivity index (χ1v) is 8.63. The van der Waals surface area contributed by atoms with Crippen molar-refractivity contribution < 1.29 is 14.2 Å². The molecule has 3 aliphatic rings. The molecule has 2 unspecified atom stereocenters. The fourth-order valence-corrected chi connectivity index (χ4v) is 4.03. The van der Waals surface area contributed by atoms with Crippen molar-refractivity contribution in [1.82, 2.24) is 14.8 Å². The van der Waals surface area contributed by atoms with Gasteiger partial charge in [-0.2, -0.15) is 0 Å². The first-order valence-electron chi connectivity index (χ1n) is 8.63. The van der Waals surface area contributed by atoms with E-state index in [1.807, 2.05) is 0 Å². The molecule has 122 valence electrons. The van der Waals surface area contributed by atoms with Crippen molar-refractivity contribution in [2.75, 3.05) is 33.0 Å². The van der Waals surface area contributed by atoms with Crippen LogP contribution in [-0.4, -0.2) is 47.8 Å². The summed E-state index contributed by atoms with van der Waals surface area (Å²) in [5.41, 5.74) is 0. The molecule has 0 bridgehead atoms. The minimum atomic E-state index is -0.0524. The van der Waals surface area contributed by atoms with Crippen molar-refractivity contribution in [3.63, 3.8) is 0 Å². The fraction of sp³-hybridized carbons (Fsp3) is 0.875. The van der Waals surface area contributed by atoms with Crippen LogP contribution in [0.5, 0.6) is 0 Å². The first-order chi connectivity index (χ1) is 10.9. The van der Waals surface area contributed by atoms with Crippen LogP contribution in [0.4, 0.5) is 0 Å². The quantitative estimate of drug-likeness (QED) is 0.837. The lowest BCUT2D eigenvalue weighted by Crippen LogP contribution is -2.26. The second-order valence-corrected chi connectivity index (χ2v) is 6.55. The molecule has 6 nitrogen and oxygen atoms in total. The third-order valence-electron chi connectivity index (χ3n) is 5.23. The fourth-order valence-electron chi connectivity index (χ4n) is 4.03. The Balaban J connectivity index is 1.61. The smallest absolute Gasteiger partial charge is 0.164 e. The Kier molecular flexibility index (Phi) is 4.41. The summed E-state index contributed by atoms with van der Waals surface area (Å²) in [6.45, 7) is 4.72. The molecular weight excluding hydrogens is 282 g/mol. The van der Waals surface area contributed by atoms with Gasteiger partial charge in [0.15, 0.2) is 5.82 Å². The molecule has 0 saturated carbocycles. The van der Waals surface area contributed by atoms with Crippen LogP contribution in [0, 0.1) is 5.92 Å². The Bertz CT molecular complexity index is 493. The molecule has 22 heavy (non-hydrogen) atoms. The largest absolute Gasteiger partial charge is 0.381 e. The van der Waals surface area contributed by atoms with Gasteiger partial charge in [0.05, 0.1) is 19.8 Å². The number of rotatable bonds is 2. The van der Waals surface area contributed by atoms with Gasteiger partial charge >= 0.3 is 0 Å². The lowest BCUT2D eigenvalue weighted by molar-refractivity contribution is -0.0948. The molecule has 0 aromatic carbocycles.